The molecular weight excluding hydrogens is 350 g/mol. The van der Waals surface area contributed by atoms with Gasteiger partial charge in [-0.25, -0.2) is 0 Å². The van der Waals surface area contributed by atoms with E-state index >= 15 is 0 Å². The monoisotopic (exact) mass is 373 g/mol. The van der Waals surface area contributed by atoms with Gasteiger partial charge < -0.3 is 15.8 Å². The van der Waals surface area contributed by atoms with Gasteiger partial charge in [-0.3, -0.25) is 9.69 Å². The lowest BCUT2D eigenvalue weighted by molar-refractivity contribution is 0.0944. The highest BCUT2D eigenvalue weighted by Crippen LogP contribution is 2.29. The van der Waals surface area contributed by atoms with Crippen molar-refractivity contribution in [2.45, 2.75) is 13.0 Å². The number of hydrogen-bond donors (Lipinski definition) is 2. The number of likely N-dealkylation sites (tertiary alicyclic amines) is 1. The van der Waals surface area contributed by atoms with Crippen molar-refractivity contribution in [2.75, 3.05) is 32.5 Å². The molecule has 0 radical (unpaired) electrons. The fraction of sp³-hybridized carbons (Fsp3) is 0.350. The van der Waals surface area contributed by atoms with E-state index in [4.69, 9.17) is 22.1 Å². The summed E-state index contributed by atoms with van der Waals surface area (Å²) in [5.74, 6) is 0.685. The van der Waals surface area contributed by atoms with E-state index in [1.54, 1.807) is 12.1 Å². The number of benzene rings is 2. The lowest BCUT2D eigenvalue weighted by Crippen LogP contribution is -2.31. The number of halogens is 1. The molecule has 26 heavy (non-hydrogen) atoms. The number of carbonyl (C=O) groups is 1. The highest BCUT2D eigenvalue weighted by Gasteiger charge is 2.23. The largest absolute Gasteiger partial charge is 0.496 e. The Morgan fingerprint density at radius 2 is 2.12 bits per heavy atom. The standard InChI is InChI=1S/C20H24ClN3O2/c1-26-19-10-18(22)17(21)9-16(19)20(25)23-11-15-7-8-24(13-15)12-14-5-3-2-4-6-14/h2-6,9-10,15H,7-8,11-13,22H2,1H3,(H,23,25). The van der Waals surface area contributed by atoms with E-state index in [9.17, 15) is 4.79 Å². The first-order chi connectivity index (χ1) is 12.6. The van der Waals surface area contributed by atoms with Crippen LogP contribution in [0.25, 0.3) is 0 Å². The Balaban J connectivity index is 1.53. The second kappa shape index (κ2) is 8.43. The number of nitrogens with one attached hydrogen (secondary N) is 1. The fourth-order valence-electron chi connectivity index (χ4n) is 3.31. The zero-order chi connectivity index (χ0) is 18.5. The normalized spacial score (nSPS) is 17.2. The van der Waals surface area contributed by atoms with Crippen LogP contribution in [0.1, 0.15) is 22.3 Å². The second-order valence-electron chi connectivity index (χ2n) is 6.66. The van der Waals surface area contributed by atoms with Crippen molar-refractivity contribution in [3.63, 3.8) is 0 Å². The summed E-state index contributed by atoms with van der Waals surface area (Å²) >= 11 is 6.04. The van der Waals surface area contributed by atoms with Gasteiger partial charge in [0.2, 0.25) is 0 Å². The summed E-state index contributed by atoms with van der Waals surface area (Å²) in [6, 6.07) is 13.6. The summed E-state index contributed by atoms with van der Waals surface area (Å²) in [7, 11) is 1.51. The number of rotatable bonds is 6. The molecule has 2 aromatic rings. The molecule has 1 aliphatic heterocycles. The molecule has 1 fully saturated rings. The molecule has 138 valence electrons. The van der Waals surface area contributed by atoms with Gasteiger partial charge in [0.1, 0.15) is 5.75 Å². The van der Waals surface area contributed by atoms with Crippen LogP contribution in [0.3, 0.4) is 0 Å². The minimum atomic E-state index is -0.190. The third kappa shape index (κ3) is 4.48. The van der Waals surface area contributed by atoms with Crippen LogP contribution >= 0.6 is 11.6 Å². The van der Waals surface area contributed by atoms with Crippen molar-refractivity contribution in [1.82, 2.24) is 10.2 Å². The van der Waals surface area contributed by atoms with Crippen LogP contribution in [0.2, 0.25) is 5.02 Å². The summed E-state index contributed by atoms with van der Waals surface area (Å²) in [6.45, 7) is 3.61. The number of hydrogen-bond acceptors (Lipinski definition) is 4. The van der Waals surface area contributed by atoms with Crippen molar-refractivity contribution in [3.8, 4) is 5.75 Å². The lowest BCUT2D eigenvalue weighted by atomic mass is 10.1. The summed E-state index contributed by atoms with van der Waals surface area (Å²) < 4.78 is 5.25. The van der Waals surface area contributed by atoms with Crippen LogP contribution in [0.15, 0.2) is 42.5 Å². The molecule has 1 amide bonds. The van der Waals surface area contributed by atoms with Crippen molar-refractivity contribution in [3.05, 3.63) is 58.6 Å². The van der Waals surface area contributed by atoms with Gasteiger partial charge in [-0.1, -0.05) is 41.9 Å². The number of anilines is 1. The predicted molar refractivity (Wildman–Crippen MR) is 105 cm³/mol. The Morgan fingerprint density at radius 1 is 1.35 bits per heavy atom. The highest BCUT2D eigenvalue weighted by molar-refractivity contribution is 6.33. The molecule has 1 saturated heterocycles. The first-order valence-electron chi connectivity index (χ1n) is 8.74. The summed E-state index contributed by atoms with van der Waals surface area (Å²) in [5, 5.41) is 3.35. The van der Waals surface area contributed by atoms with E-state index in [1.807, 2.05) is 6.07 Å². The molecule has 0 saturated carbocycles. The smallest absolute Gasteiger partial charge is 0.255 e. The van der Waals surface area contributed by atoms with Gasteiger partial charge in [0, 0.05) is 25.7 Å². The van der Waals surface area contributed by atoms with E-state index in [0.29, 0.717) is 34.5 Å². The van der Waals surface area contributed by atoms with Crippen LogP contribution in [0.4, 0.5) is 5.69 Å². The molecule has 1 aliphatic rings. The van der Waals surface area contributed by atoms with E-state index in [-0.39, 0.29) is 5.91 Å². The van der Waals surface area contributed by atoms with Crippen molar-refractivity contribution < 1.29 is 9.53 Å². The summed E-state index contributed by atoms with van der Waals surface area (Å²) in [6.07, 6.45) is 1.08. The zero-order valence-electron chi connectivity index (χ0n) is 14.9. The average Bonchev–Trinajstić information content (AvgIpc) is 3.09. The zero-order valence-corrected chi connectivity index (χ0v) is 15.6. The third-order valence-corrected chi connectivity index (χ3v) is 5.06. The van der Waals surface area contributed by atoms with Crippen LogP contribution in [-0.4, -0.2) is 37.6 Å². The molecule has 0 aromatic heterocycles. The molecular formula is C20H24ClN3O2. The summed E-state index contributed by atoms with van der Waals surface area (Å²) in [5.41, 5.74) is 7.89. The number of carbonyl (C=O) groups excluding carboxylic acids is 1. The average molecular weight is 374 g/mol. The van der Waals surface area contributed by atoms with Gasteiger partial charge in [-0.2, -0.15) is 0 Å². The number of nitrogens with zero attached hydrogens (tertiary/aromatic N) is 1. The van der Waals surface area contributed by atoms with Crippen molar-refractivity contribution in [2.24, 2.45) is 5.92 Å². The Kier molecular flexibility index (Phi) is 6.01. The molecule has 3 rings (SSSR count). The molecule has 2 aromatic carbocycles. The molecule has 1 heterocycles. The SMILES string of the molecule is COc1cc(N)c(Cl)cc1C(=O)NCC1CCN(Cc2ccccc2)C1. The van der Waals surface area contributed by atoms with E-state index in [2.05, 4.69) is 34.5 Å². The predicted octanol–water partition coefficient (Wildman–Crippen LogP) is 3.18. The second-order valence-corrected chi connectivity index (χ2v) is 7.07. The van der Waals surface area contributed by atoms with Gasteiger partial charge in [-0.15, -0.1) is 0 Å². The number of ether oxygens (including phenoxy) is 1. The highest BCUT2D eigenvalue weighted by atomic mass is 35.5. The molecule has 0 bridgehead atoms. The summed E-state index contributed by atoms with van der Waals surface area (Å²) in [4.78, 5) is 14.9. The molecule has 3 N–H and O–H groups in total. The first-order valence-corrected chi connectivity index (χ1v) is 9.12. The van der Waals surface area contributed by atoms with E-state index < -0.39 is 0 Å². The molecule has 1 atom stereocenters. The first kappa shape index (κ1) is 18.5. The number of nitrogens with two attached hydrogens (primary N) is 1. The van der Waals surface area contributed by atoms with E-state index in [1.165, 1.54) is 12.7 Å². The molecule has 6 heteroatoms. The number of amides is 1. The van der Waals surface area contributed by atoms with E-state index in [0.717, 1.165) is 26.1 Å². The van der Waals surface area contributed by atoms with Crippen LogP contribution < -0.4 is 15.8 Å². The van der Waals surface area contributed by atoms with Gasteiger partial charge in [0.25, 0.3) is 5.91 Å². The van der Waals surface area contributed by atoms with Crippen LogP contribution in [-0.2, 0) is 6.54 Å². The maximum atomic E-state index is 12.5. The maximum absolute atomic E-state index is 12.5. The topological polar surface area (TPSA) is 67.6 Å². The minimum absolute atomic E-state index is 0.190. The van der Waals surface area contributed by atoms with Crippen molar-refractivity contribution >= 4 is 23.2 Å². The quantitative estimate of drug-likeness (QED) is 0.763. The van der Waals surface area contributed by atoms with Crippen LogP contribution in [0, 0.1) is 5.92 Å². The molecule has 0 spiro atoms. The number of methoxy groups -OCH3 is 1. The Morgan fingerprint density at radius 3 is 2.85 bits per heavy atom. The maximum Gasteiger partial charge on any atom is 0.255 e. The Hall–Kier alpha value is -2.24. The minimum Gasteiger partial charge on any atom is -0.496 e. The van der Waals surface area contributed by atoms with Gasteiger partial charge in [0.15, 0.2) is 0 Å². The molecule has 0 aliphatic carbocycles. The Labute approximate surface area is 159 Å². The lowest BCUT2D eigenvalue weighted by Gasteiger charge is -2.17. The molecule has 5 nitrogen and oxygen atoms in total. The third-order valence-electron chi connectivity index (χ3n) is 4.73. The van der Waals surface area contributed by atoms with Crippen LogP contribution in [0.5, 0.6) is 5.75 Å². The van der Waals surface area contributed by atoms with Gasteiger partial charge in [0.05, 0.1) is 23.4 Å². The van der Waals surface area contributed by atoms with Gasteiger partial charge >= 0.3 is 0 Å². The molecule has 1 unspecified atom stereocenters. The van der Waals surface area contributed by atoms with Crippen molar-refractivity contribution in [1.29, 1.82) is 0 Å². The Bertz CT molecular complexity index is 767. The number of nitrogen functional groups attached to an aromatic ring is 1. The fourth-order valence-corrected chi connectivity index (χ4v) is 3.48. The van der Waals surface area contributed by atoms with Gasteiger partial charge in [-0.05, 0) is 30.5 Å².